The number of amides is 1. The Bertz CT molecular complexity index is 1480. The second kappa shape index (κ2) is 12.4. The predicted octanol–water partition coefficient (Wildman–Crippen LogP) is 5.97. The monoisotopic (exact) mass is 585 g/mol. The van der Waals surface area contributed by atoms with Crippen LogP contribution in [0, 0.1) is 29.2 Å². The average molecular weight is 586 g/mol. The van der Waals surface area contributed by atoms with Crippen LogP contribution in [0.15, 0.2) is 35.1 Å². The van der Waals surface area contributed by atoms with Gasteiger partial charge in [0.2, 0.25) is 11.7 Å². The summed E-state index contributed by atoms with van der Waals surface area (Å²) in [5.41, 5.74) is -4.03. The average Bonchev–Trinajstić information content (AvgIpc) is 2.93. The SMILES string of the molecule is CCc1nc(-c2c(C(F)(F)F)ccc(CNC(=O)C3CCC(OCc4ccc(F)c(F)c4)CC3)c2F)[nH]c(=O)c1F. The Hall–Kier alpha value is -3.74. The molecule has 1 aromatic heterocycles. The van der Waals surface area contributed by atoms with Crippen LogP contribution in [-0.2, 0) is 35.3 Å². The summed E-state index contributed by atoms with van der Waals surface area (Å²) in [6.45, 7) is 1.07. The largest absolute Gasteiger partial charge is 0.417 e. The fourth-order valence-electron chi connectivity index (χ4n) is 4.74. The van der Waals surface area contributed by atoms with Crippen molar-refractivity contribution in [1.82, 2.24) is 15.3 Å². The minimum Gasteiger partial charge on any atom is -0.374 e. The number of hydrogen-bond acceptors (Lipinski definition) is 4. The maximum Gasteiger partial charge on any atom is 0.417 e. The normalized spacial score (nSPS) is 17.5. The van der Waals surface area contributed by atoms with Crippen LogP contribution in [0.4, 0.5) is 30.7 Å². The topological polar surface area (TPSA) is 84.1 Å². The van der Waals surface area contributed by atoms with Crippen molar-refractivity contribution < 1.29 is 40.3 Å². The van der Waals surface area contributed by atoms with Crippen LogP contribution in [-0.4, -0.2) is 22.0 Å². The molecule has 0 unspecified atom stereocenters. The first-order chi connectivity index (χ1) is 19.4. The number of halogens is 7. The third kappa shape index (κ3) is 6.95. The Morgan fingerprint density at radius 3 is 2.37 bits per heavy atom. The summed E-state index contributed by atoms with van der Waals surface area (Å²) in [7, 11) is 0. The Morgan fingerprint density at radius 2 is 1.73 bits per heavy atom. The van der Waals surface area contributed by atoms with E-state index in [9.17, 15) is 35.9 Å². The van der Waals surface area contributed by atoms with Crippen LogP contribution < -0.4 is 10.9 Å². The van der Waals surface area contributed by atoms with Crippen molar-refractivity contribution in [3.63, 3.8) is 0 Å². The molecule has 0 atom stereocenters. The maximum absolute atomic E-state index is 15.5. The van der Waals surface area contributed by atoms with Gasteiger partial charge in [-0.05, 0) is 55.9 Å². The summed E-state index contributed by atoms with van der Waals surface area (Å²) in [6.07, 6.45) is -3.47. The van der Waals surface area contributed by atoms with E-state index in [0.717, 1.165) is 18.2 Å². The molecule has 2 N–H and O–H groups in total. The van der Waals surface area contributed by atoms with Gasteiger partial charge >= 0.3 is 6.18 Å². The number of nitrogens with zero attached hydrogens (tertiary/aromatic N) is 1. The standard InChI is InChI=1S/C28H26F7N3O3/c1-2-21-24(32)27(40)38-25(37-21)22-18(28(33,34)35)9-6-16(23(22)31)12-36-26(39)15-4-7-17(8-5-15)41-13-14-3-10-19(29)20(30)11-14/h3,6,9-11,15,17H,2,4-5,7-8,12-13H2,1H3,(H,36,39)(H,37,38,40). The highest BCUT2D eigenvalue weighted by atomic mass is 19.4. The first-order valence-electron chi connectivity index (χ1n) is 12.9. The second-order valence-electron chi connectivity index (χ2n) is 9.74. The van der Waals surface area contributed by atoms with Gasteiger partial charge in [-0.1, -0.05) is 19.1 Å². The first-order valence-corrected chi connectivity index (χ1v) is 12.9. The molecular formula is C28H26F7N3O3. The Labute approximate surface area is 230 Å². The minimum absolute atomic E-state index is 0.0716. The summed E-state index contributed by atoms with van der Waals surface area (Å²) >= 11 is 0. The third-order valence-electron chi connectivity index (χ3n) is 7.00. The summed E-state index contributed by atoms with van der Waals surface area (Å²) < 4.78 is 103. The van der Waals surface area contributed by atoms with Crippen molar-refractivity contribution in [1.29, 1.82) is 0 Å². The van der Waals surface area contributed by atoms with Gasteiger partial charge in [0.05, 0.1) is 29.5 Å². The molecule has 220 valence electrons. The summed E-state index contributed by atoms with van der Waals surface area (Å²) in [5, 5.41) is 2.54. The highest BCUT2D eigenvalue weighted by Gasteiger charge is 2.37. The number of aryl methyl sites for hydroxylation is 1. The van der Waals surface area contributed by atoms with Gasteiger partial charge in [0, 0.05) is 18.0 Å². The van der Waals surface area contributed by atoms with Crippen molar-refractivity contribution in [2.45, 2.75) is 64.5 Å². The van der Waals surface area contributed by atoms with Crippen LogP contribution in [0.2, 0.25) is 0 Å². The molecule has 6 nitrogen and oxygen atoms in total. The highest BCUT2D eigenvalue weighted by molar-refractivity contribution is 5.78. The smallest absolute Gasteiger partial charge is 0.374 e. The number of hydrogen-bond donors (Lipinski definition) is 2. The lowest BCUT2D eigenvalue weighted by molar-refractivity contribution is -0.137. The lowest BCUT2D eigenvalue weighted by Crippen LogP contribution is -2.34. The van der Waals surface area contributed by atoms with Crippen molar-refractivity contribution in [3.8, 4) is 11.4 Å². The van der Waals surface area contributed by atoms with Crippen molar-refractivity contribution in [2.24, 2.45) is 5.92 Å². The predicted molar refractivity (Wildman–Crippen MR) is 133 cm³/mol. The van der Waals surface area contributed by atoms with E-state index < -0.39 is 76.0 Å². The van der Waals surface area contributed by atoms with Crippen molar-refractivity contribution in [3.05, 3.63) is 86.3 Å². The third-order valence-corrected chi connectivity index (χ3v) is 7.00. The molecule has 2 aromatic carbocycles. The van der Waals surface area contributed by atoms with Crippen LogP contribution in [0.3, 0.4) is 0 Å². The zero-order valence-electron chi connectivity index (χ0n) is 21.8. The van der Waals surface area contributed by atoms with E-state index in [4.69, 9.17) is 4.74 Å². The molecule has 0 aliphatic heterocycles. The quantitative estimate of drug-likeness (QED) is 0.320. The number of aromatic amines is 1. The van der Waals surface area contributed by atoms with Crippen molar-refractivity contribution in [2.75, 3.05) is 0 Å². The molecule has 1 saturated carbocycles. The molecule has 1 aliphatic carbocycles. The Balaban J connectivity index is 1.42. The molecule has 13 heteroatoms. The zero-order valence-corrected chi connectivity index (χ0v) is 21.8. The molecule has 0 radical (unpaired) electrons. The zero-order chi connectivity index (χ0) is 29.9. The maximum atomic E-state index is 15.5. The lowest BCUT2D eigenvalue weighted by Gasteiger charge is -2.28. The fourth-order valence-corrected chi connectivity index (χ4v) is 4.74. The van der Waals surface area contributed by atoms with Gasteiger partial charge in [-0.15, -0.1) is 0 Å². The van der Waals surface area contributed by atoms with Crippen molar-refractivity contribution >= 4 is 5.91 Å². The van der Waals surface area contributed by atoms with Gasteiger partial charge < -0.3 is 15.0 Å². The second-order valence-corrected chi connectivity index (χ2v) is 9.74. The molecule has 1 aliphatic rings. The van der Waals surface area contributed by atoms with Gasteiger partial charge in [-0.25, -0.2) is 18.2 Å². The molecule has 1 amide bonds. The number of benzene rings is 2. The number of carbonyl (C=O) groups excluding carboxylic acids is 1. The molecule has 0 saturated heterocycles. The Morgan fingerprint density at radius 1 is 1.02 bits per heavy atom. The highest BCUT2D eigenvalue weighted by Crippen LogP contribution is 2.38. The summed E-state index contributed by atoms with van der Waals surface area (Å²) in [5.74, 6) is -6.20. The molecule has 4 rings (SSSR count). The number of aromatic nitrogens is 2. The van der Waals surface area contributed by atoms with Gasteiger partial charge in [0.25, 0.3) is 5.56 Å². The van der Waals surface area contributed by atoms with E-state index in [1.807, 2.05) is 4.98 Å². The summed E-state index contributed by atoms with van der Waals surface area (Å²) in [4.78, 5) is 30.3. The van der Waals surface area contributed by atoms with E-state index in [-0.39, 0.29) is 24.7 Å². The van der Waals surface area contributed by atoms with Gasteiger partial charge in [-0.2, -0.15) is 17.6 Å². The number of rotatable bonds is 8. The van der Waals surface area contributed by atoms with E-state index in [1.54, 1.807) is 0 Å². The molecular weight excluding hydrogens is 559 g/mol. The first kappa shape index (κ1) is 30.2. The van der Waals surface area contributed by atoms with Crippen LogP contribution >= 0.6 is 0 Å². The number of nitrogens with one attached hydrogen (secondary N) is 2. The molecule has 1 fully saturated rings. The molecule has 3 aromatic rings. The van der Waals surface area contributed by atoms with Crippen LogP contribution in [0.25, 0.3) is 11.4 Å². The van der Waals surface area contributed by atoms with Crippen LogP contribution in [0.5, 0.6) is 0 Å². The Kier molecular flexibility index (Phi) is 9.15. The molecule has 41 heavy (non-hydrogen) atoms. The number of carbonyl (C=O) groups is 1. The fraction of sp³-hybridized carbons (Fsp3) is 0.393. The van der Waals surface area contributed by atoms with Gasteiger partial charge in [0.1, 0.15) is 11.6 Å². The van der Waals surface area contributed by atoms with E-state index >= 15 is 4.39 Å². The van der Waals surface area contributed by atoms with Crippen LogP contribution in [0.1, 0.15) is 55.0 Å². The van der Waals surface area contributed by atoms with E-state index in [2.05, 4.69) is 10.3 Å². The molecule has 0 bridgehead atoms. The lowest BCUT2D eigenvalue weighted by atomic mass is 9.86. The molecule has 1 heterocycles. The minimum atomic E-state index is -5.01. The van der Waals surface area contributed by atoms with E-state index in [1.165, 1.54) is 13.0 Å². The number of alkyl halides is 3. The summed E-state index contributed by atoms with van der Waals surface area (Å²) in [6, 6.07) is 4.97. The molecule has 0 spiro atoms. The number of H-pyrrole nitrogens is 1. The van der Waals surface area contributed by atoms with Gasteiger partial charge in [-0.3, -0.25) is 9.59 Å². The van der Waals surface area contributed by atoms with Gasteiger partial charge in [0.15, 0.2) is 11.6 Å². The number of ether oxygens (including phenoxy) is 1. The van der Waals surface area contributed by atoms with E-state index in [0.29, 0.717) is 37.3 Å².